The lowest BCUT2D eigenvalue weighted by atomic mass is 9.93. The molecule has 1 amide bonds. The molecule has 3 aromatic carbocycles. The van der Waals surface area contributed by atoms with Crippen LogP contribution in [0.4, 0.5) is 5.13 Å². The van der Waals surface area contributed by atoms with Gasteiger partial charge < -0.3 is 14.6 Å². The Hall–Kier alpha value is -4.17. The third-order valence-electron chi connectivity index (χ3n) is 7.20. The number of aromatic nitrogens is 1. The fourth-order valence-corrected chi connectivity index (χ4v) is 6.38. The summed E-state index contributed by atoms with van der Waals surface area (Å²) in [6, 6.07) is 16.1. The van der Waals surface area contributed by atoms with E-state index in [2.05, 4.69) is 13.8 Å². The highest BCUT2D eigenvalue weighted by Gasteiger charge is 2.48. The van der Waals surface area contributed by atoms with E-state index in [1.54, 1.807) is 18.2 Å². The third-order valence-corrected chi connectivity index (χ3v) is 8.21. The lowest BCUT2D eigenvalue weighted by Crippen LogP contribution is -2.29. The van der Waals surface area contributed by atoms with Gasteiger partial charge in [0.05, 0.1) is 21.8 Å². The molecule has 198 valence electrons. The van der Waals surface area contributed by atoms with Crippen molar-refractivity contribution >= 4 is 44.1 Å². The minimum absolute atomic E-state index is 0.0149. The smallest absolute Gasteiger partial charge is 0.301 e. The van der Waals surface area contributed by atoms with Crippen molar-refractivity contribution < 1.29 is 24.2 Å². The molecule has 4 aromatic rings. The molecule has 6 rings (SSSR count). The summed E-state index contributed by atoms with van der Waals surface area (Å²) in [6.45, 7) is 9.04. The number of nitrogens with zero attached hydrogens (tertiary/aromatic N) is 2. The number of aliphatic hydroxyl groups is 1. The molecule has 0 spiro atoms. The lowest BCUT2D eigenvalue weighted by molar-refractivity contribution is -0.132. The number of anilines is 1. The van der Waals surface area contributed by atoms with E-state index >= 15 is 0 Å². The first kappa shape index (κ1) is 25.1. The van der Waals surface area contributed by atoms with E-state index < -0.39 is 17.7 Å². The molecule has 2 aliphatic heterocycles. The Morgan fingerprint density at radius 3 is 2.44 bits per heavy atom. The van der Waals surface area contributed by atoms with Crippen LogP contribution in [0, 0.1) is 13.8 Å². The van der Waals surface area contributed by atoms with Crippen molar-refractivity contribution in [3.05, 3.63) is 88.0 Å². The molecule has 1 atom stereocenters. The van der Waals surface area contributed by atoms with Gasteiger partial charge in [-0.25, -0.2) is 4.98 Å². The maximum absolute atomic E-state index is 13.6. The number of hydrogen-bond donors (Lipinski definition) is 1. The van der Waals surface area contributed by atoms with Gasteiger partial charge in [-0.3, -0.25) is 14.5 Å². The molecule has 39 heavy (non-hydrogen) atoms. The number of ketones is 1. The summed E-state index contributed by atoms with van der Waals surface area (Å²) < 4.78 is 12.2. The molecule has 7 nitrogen and oxygen atoms in total. The van der Waals surface area contributed by atoms with E-state index in [9.17, 15) is 14.7 Å². The number of Topliss-reactive ketones (excluding diaryl/α,β-unsaturated/α-hetero) is 1. The minimum Gasteiger partial charge on any atom is -0.507 e. The van der Waals surface area contributed by atoms with Crippen LogP contribution in [-0.2, 0) is 9.59 Å². The van der Waals surface area contributed by atoms with Crippen molar-refractivity contribution in [3.63, 3.8) is 0 Å². The van der Waals surface area contributed by atoms with E-state index in [-0.39, 0.29) is 11.3 Å². The van der Waals surface area contributed by atoms with Crippen LogP contribution in [0.2, 0.25) is 0 Å². The number of thiazole rings is 1. The van der Waals surface area contributed by atoms with Crippen LogP contribution in [0.1, 0.15) is 53.6 Å². The van der Waals surface area contributed by atoms with Gasteiger partial charge in [-0.1, -0.05) is 55.5 Å². The van der Waals surface area contributed by atoms with Crippen molar-refractivity contribution in [2.45, 2.75) is 39.7 Å². The minimum atomic E-state index is -0.846. The molecule has 0 saturated carbocycles. The summed E-state index contributed by atoms with van der Waals surface area (Å²) in [5, 5.41) is 12.0. The molecule has 2 aliphatic rings. The average Bonchev–Trinajstić information content (AvgIpc) is 3.46. The van der Waals surface area contributed by atoms with Gasteiger partial charge in [0.1, 0.15) is 19.0 Å². The van der Waals surface area contributed by atoms with Crippen molar-refractivity contribution in [3.8, 4) is 11.5 Å². The summed E-state index contributed by atoms with van der Waals surface area (Å²) in [4.78, 5) is 33.4. The van der Waals surface area contributed by atoms with Crippen LogP contribution in [-0.4, -0.2) is 35.0 Å². The zero-order valence-corrected chi connectivity index (χ0v) is 23.0. The number of carbonyl (C=O) groups excluding carboxylic acids is 2. The maximum Gasteiger partial charge on any atom is 0.301 e. The van der Waals surface area contributed by atoms with Crippen LogP contribution >= 0.6 is 11.3 Å². The number of aryl methyl sites for hydroxylation is 2. The van der Waals surface area contributed by atoms with Crippen molar-refractivity contribution in [2.24, 2.45) is 0 Å². The van der Waals surface area contributed by atoms with E-state index in [0.29, 0.717) is 46.9 Å². The predicted molar refractivity (Wildman–Crippen MR) is 152 cm³/mol. The Bertz CT molecular complexity index is 1670. The Labute approximate surface area is 230 Å². The second-order valence-corrected chi connectivity index (χ2v) is 11.3. The van der Waals surface area contributed by atoms with Crippen LogP contribution in [0.25, 0.3) is 16.0 Å². The SMILES string of the molecule is Cc1cc(C)c2nc(N3C(=O)C(=O)C(=C(O)c4ccc5c(c4)OCCO5)[C@@H]3c3ccc(C(C)C)cc3)sc2c1. The van der Waals surface area contributed by atoms with Gasteiger partial charge in [0.25, 0.3) is 5.78 Å². The summed E-state index contributed by atoms with van der Waals surface area (Å²) in [5.74, 6) is -0.376. The highest BCUT2D eigenvalue weighted by Crippen LogP contribution is 2.45. The molecule has 8 heteroatoms. The molecule has 0 bridgehead atoms. The van der Waals surface area contributed by atoms with E-state index in [1.807, 2.05) is 50.2 Å². The number of fused-ring (bicyclic) bond motifs is 2. The van der Waals surface area contributed by atoms with Gasteiger partial charge in [0, 0.05) is 5.56 Å². The zero-order valence-electron chi connectivity index (χ0n) is 22.1. The van der Waals surface area contributed by atoms with Gasteiger partial charge in [-0.2, -0.15) is 0 Å². The highest BCUT2D eigenvalue weighted by atomic mass is 32.1. The Morgan fingerprint density at radius 2 is 1.72 bits per heavy atom. The Morgan fingerprint density at radius 1 is 1.00 bits per heavy atom. The van der Waals surface area contributed by atoms with Gasteiger partial charge in [0.2, 0.25) is 0 Å². The fourth-order valence-electron chi connectivity index (χ4n) is 5.22. The van der Waals surface area contributed by atoms with E-state index in [1.165, 1.54) is 16.2 Å². The van der Waals surface area contributed by atoms with Crippen molar-refractivity contribution in [2.75, 3.05) is 18.1 Å². The summed E-state index contributed by atoms with van der Waals surface area (Å²) >= 11 is 1.36. The largest absolute Gasteiger partial charge is 0.507 e. The quantitative estimate of drug-likeness (QED) is 0.182. The molecule has 3 heterocycles. The second-order valence-electron chi connectivity index (χ2n) is 10.3. The number of ether oxygens (including phenoxy) is 2. The topological polar surface area (TPSA) is 89.0 Å². The van der Waals surface area contributed by atoms with Crippen LogP contribution in [0.15, 0.2) is 60.2 Å². The number of aliphatic hydroxyl groups excluding tert-OH is 1. The average molecular weight is 541 g/mol. The predicted octanol–water partition coefficient (Wildman–Crippen LogP) is 6.43. The summed E-state index contributed by atoms with van der Waals surface area (Å²) in [6.07, 6.45) is 0. The van der Waals surface area contributed by atoms with Crippen LogP contribution in [0.3, 0.4) is 0 Å². The zero-order chi connectivity index (χ0) is 27.4. The second kappa shape index (κ2) is 9.54. The van der Waals surface area contributed by atoms with Crippen molar-refractivity contribution in [1.29, 1.82) is 0 Å². The first-order valence-corrected chi connectivity index (χ1v) is 13.7. The molecule has 1 aromatic heterocycles. The van der Waals surface area contributed by atoms with Crippen LogP contribution in [0.5, 0.6) is 11.5 Å². The lowest BCUT2D eigenvalue weighted by Gasteiger charge is -2.23. The molecular formula is C31H28N2O5S. The van der Waals surface area contributed by atoms with Crippen LogP contribution < -0.4 is 14.4 Å². The Kier molecular flexibility index (Phi) is 6.14. The summed E-state index contributed by atoms with van der Waals surface area (Å²) in [7, 11) is 0. The monoisotopic (exact) mass is 540 g/mol. The fraction of sp³-hybridized carbons (Fsp3) is 0.258. The molecular weight excluding hydrogens is 512 g/mol. The third kappa shape index (κ3) is 4.25. The number of rotatable bonds is 4. The molecule has 0 unspecified atom stereocenters. The Balaban J connectivity index is 1.54. The maximum atomic E-state index is 13.6. The van der Waals surface area contributed by atoms with E-state index in [0.717, 1.165) is 26.9 Å². The highest BCUT2D eigenvalue weighted by molar-refractivity contribution is 7.22. The molecule has 0 radical (unpaired) electrons. The normalized spacial score (nSPS) is 18.4. The molecule has 1 saturated heterocycles. The molecule has 0 aliphatic carbocycles. The summed E-state index contributed by atoms with van der Waals surface area (Å²) in [5.41, 5.74) is 5.12. The molecule has 1 N–H and O–H groups in total. The van der Waals surface area contributed by atoms with Gasteiger partial charge >= 0.3 is 5.91 Å². The first-order chi connectivity index (χ1) is 18.7. The number of hydrogen-bond acceptors (Lipinski definition) is 7. The van der Waals surface area contributed by atoms with E-state index in [4.69, 9.17) is 14.5 Å². The number of amides is 1. The van der Waals surface area contributed by atoms with Gasteiger partial charge in [-0.05, 0) is 66.3 Å². The number of benzene rings is 3. The standard InChI is InChI=1S/C31H28N2O5S/c1-16(2)19-5-7-20(8-6-19)27-25(28(34)21-9-10-22-23(15-21)38-12-11-37-22)29(35)30(36)33(27)31-32-26-18(4)13-17(3)14-24(26)39-31/h5-10,13-16,27,34H,11-12H2,1-4H3/t27-/m0/s1. The van der Waals surface area contributed by atoms with Gasteiger partial charge in [-0.15, -0.1) is 0 Å². The first-order valence-electron chi connectivity index (χ1n) is 12.9. The number of carbonyl (C=O) groups is 2. The van der Waals surface area contributed by atoms with Gasteiger partial charge in [0.15, 0.2) is 16.6 Å². The van der Waals surface area contributed by atoms with Crippen molar-refractivity contribution in [1.82, 2.24) is 4.98 Å². The molecule has 1 fully saturated rings.